The second-order valence-corrected chi connectivity index (χ2v) is 5.89. The molecule has 2 N–H and O–H groups in total. The van der Waals surface area contributed by atoms with Gasteiger partial charge in [0.2, 0.25) is 0 Å². The predicted octanol–water partition coefficient (Wildman–Crippen LogP) is 2.86. The van der Waals surface area contributed by atoms with Crippen LogP contribution in [-0.4, -0.2) is 59.1 Å². The molecule has 0 fully saturated rings. The molecule has 0 atom stereocenters. The number of terminal acetylenes is 1. The Morgan fingerprint density at radius 3 is 2.36 bits per heavy atom. The van der Waals surface area contributed by atoms with E-state index in [1.54, 1.807) is 7.05 Å². The molecule has 0 amide bonds. The Morgan fingerprint density at radius 1 is 1.04 bits per heavy atom. The Balaban J connectivity index is 0.00000729. The van der Waals surface area contributed by atoms with Crippen LogP contribution in [0.5, 0.6) is 5.75 Å². The van der Waals surface area contributed by atoms with E-state index in [-0.39, 0.29) is 24.0 Å². The minimum atomic E-state index is 0. The Labute approximate surface area is 186 Å². The molecule has 1 aromatic rings. The average molecular weight is 503 g/mol. The van der Waals surface area contributed by atoms with Crippen LogP contribution in [-0.2, 0) is 15.9 Å². The van der Waals surface area contributed by atoms with Crippen LogP contribution < -0.4 is 15.4 Å². The number of aliphatic imine (C=N–C) groups is 1. The Hall–Kier alpha value is -1.50. The highest BCUT2D eigenvalue weighted by Crippen LogP contribution is 2.12. The first kappa shape index (κ1) is 26.5. The molecule has 0 saturated heterocycles. The summed E-state index contributed by atoms with van der Waals surface area (Å²) in [5.74, 6) is 4.01. The maximum atomic E-state index is 5.53. The van der Waals surface area contributed by atoms with Crippen molar-refractivity contribution in [3.05, 3.63) is 29.8 Å². The van der Waals surface area contributed by atoms with Crippen LogP contribution in [0.15, 0.2) is 29.3 Å². The number of rotatable bonds is 14. The molecule has 0 spiro atoms. The molecular formula is C21H34IN3O3. The van der Waals surface area contributed by atoms with Crippen molar-refractivity contribution in [2.45, 2.75) is 26.2 Å². The lowest BCUT2D eigenvalue weighted by atomic mass is 10.1. The van der Waals surface area contributed by atoms with Crippen LogP contribution in [0.1, 0.15) is 25.3 Å². The summed E-state index contributed by atoms with van der Waals surface area (Å²) in [5.41, 5.74) is 1.22. The Kier molecular flexibility index (Phi) is 17.8. The lowest BCUT2D eigenvalue weighted by Crippen LogP contribution is -2.39. The van der Waals surface area contributed by atoms with Gasteiger partial charge >= 0.3 is 0 Å². The van der Waals surface area contributed by atoms with Gasteiger partial charge in [-0.25, -0.2) is 0 Å². The zero-order chi connectivity index (χ0) is 19.6. The van der Waals surface area contributed by atoms with Gasteiger partial charge < -0.3 is 24.8 Å². The van der Waals surface area contributed by atoms with Gasteiger partial charge in [0.1, 0.15) is 12.4 Å². The Morgan fingerprint density at radius 2 is 1.71 bits per heavy atom. The molecule has 6 nitrogen and oxygen atoms in total. The zero-order valence-corrected chi connectivity index (χ0v) is 19.4. The monoisotopic (exact) mass is 503 g/mol. The molecule has 0 aliphatic carbocycles. The van der Waals surface area contributed by atoms with E-state index in [1.807, 2.05) is 24.3 Å². The van der Waals surface area contributed by atoms with E-state index >= 15 is 0 Å². The molecule has 158 valence electrons. The first-order valence-corrected chi connectivity index (χ1v) is 9.55. The summed E-state index contributed by atoms with van der Waals surface area (Å²) in [6, 6.07) is 7.95. The quantitative estimate of drug-likeness (QED) is 0.135. The van der Waals surface area contributed by atoms with E-state index < -0.39 is 0 Å². The van der Waals surface area contributed by atoms with Crippen LogP contribution >= 0.6 is 24.0 Å². The van der Waals surface area contributed by atoms with Gasteiger partial charge in [-0.3, -0.25) is 4.99 Å². The largest absolute Gasteiger partial charge is 0.481 e. The Bertz CT molecular complexity index is 559. The first-order chi connectivity index (χ1) is 13.3. The van der Waals surface area contributed by atoms with E-state index in [9.17, 15) is 0 Å². The van der Waals surface area contributed by atoms with Crippen molar-refractivity contribution in [3.63, 3.8) is 0 Å². The van der Waals surface area contributed by atoms with Crippen molar-refractivity contribution in [1.82, 2.24) is 10.6 Å². The summed E-state index contributed by atoms with van der Waals surface area (Å²) in [5, 5.41) is 6.53. The molecule has 0 bridgehead atoms. The number of unbranched alkanes of at least 4 members (excludes halogenated alkanes) is 1. The van der Waals surface area contributed by atoms with Crippen molar-refractivity contribution in [1.29, 1.82) is 0 Å². The van der Waals surface area contributed by atoms with Gasteiger partial charge in [0.05, 0.1) is 19.8 Å². The topological polar surface area (TPSA) is 64.1 Å². The number of hydrogen-bond acceptors (Lipinski definition) is 4. The second kappa shape index (κ2) is 18.8. The number of halogens is 1. The summed E-state index contributed by atoms with van der Waals surface area (Å²) in [4.78, 5) is 4.21. The maximum absolute atomic E-state index is 5.53. The van der Waals surface area contributed by atoms with Crippen LogP contribution in [0.25, 0.3) is 0 Å². The van der Waals surface area contributed by atoms with Crippen LogP contribution in [0.2, 0.25) is 0 Å². The fraction of sp³-hybridized carbons (Fsp3) is 0.571. The van der Waals surface area contributed by atoms with Crippen molar-refractivity contribution in [2.24, 2.45) is 4.99 Å². The van der Waals surface area contributed by atoms with E-state index in [2.05, 4.69) is 28.5 Å². The molecule has 28 heavy (non-hydrogen) atoms. The highest BCUT2D eigenvalue weighted by atomic mass is 127. The van der Waals surface area contributed by atoms with Crippen LogP contribution in [0, 0.1) is 12.3 Å². The molecule has 0 radical (unpaired) electrons. The second-order valence-electron chi connectivity index (χ2n) is 5.89. The van der Waals surface area contributed by atoms with E-state index in [0.717, 1.165) is 44.1 Å². The third kappa shape index (κ3) is 13.6. The number of nitrogens with one attached hydrogen (secondary N) is 2. The molecular weight excluding hydrogens is 469 g/mol. The van der Waals surface area contributed by atoms with Gasteiger partial charge in [-0.05, 0) is 30.5 Å². The molecule has 0 aliphatic heterocycles. The smallest absolute Gasteiger partial charge is 0.191 e. The highest BCUT2D eigenvalue weighted by molar-refractivity contribution is 14.0. The standard InChI is InChI=1S/C21H33N3O3.HI/c1-4-6-15-25-17-18-26-16-13-24-21(22-3)23-12-11-19-7-9-20(10-8-19)27-14-5-2;/h2,7-10H,4,6,11-18H2,1,3H3,(H2,22,23,24);1H. The van der Waals surface area contributed by atoms with Crippen molar-refractivity contribution in [3.8, 4) is 18.1 Å². The molecule has 7 heteroatoms. The van der Waals surface area contributed by atoms with Crippen molar-refractivity contribution in [2.75, 3.05) is 53.2 Å². The maximum Gasteiger partial charge on any atom is 0.191 e. The molecule has 0 aliphatic rings. The molecule has 0 aromatic heterocycles. The SMILES string of the molecule is C#CCOc1ccc(CCNC(=NC)NCCOCCOCCCC)cc1.I. The average Bonchev–Trinajstić information content (AvgIpc) is 2.70. The molecule has 1 aromatic carbocycles. The number of nitrogens with zero attached hydrogens (tertiary/aromatic N) is 1. The summed E-state index contributed by atoms with van der Waals surface area (Å²) < 4.78 is 16.3. The summed E-state index contributed by atoms with van der Waals surface area (Å²) in [6.07, 6.45) is 8.33. The van der Waals surface area contributed by atoms with E-state index in [4.69, 9.17) is 20.6 Å². The van der Waals surface area contributed by atoms with Gasteiger partial charge in [-0.1, -0.05) is 31.4 Å². The van der Waals surface area contributed by atoms with Gasteiger partial charge in [0.25, 0.3) is 0 Å². The predicted molar refractivity (Wildman–Crippen MR) is 126 cm³/mol. The van der Waals surface area contributed by atoms with Crippen LogP contribution in [0.3, 0.4) is 0 Å². The van der Waals surface area contributed by atoms with E-state index in [1.165, 1.54) is 5.56 Å². The first-order valence-electron chi connectivity index (χ1n) is 9.55. The van der Waals surface area contributed by atoms with Gasteiger partial charge in [-0.15, -0.1) is 30.4 Å². The third-order valence-electron chi connectivity index (χ3n) is 3.73. The number of guanidine groups is 1. The molecule has 0 unspecified atom stereocenters. The van der Waals surface area contributed by atoms with Crippen molar-refractivity contribution < 1.29 is 14.2 Å². The van der Waals surface area contributed by atoms with Gasteiger partial charge in [0.15, 0.2) is 5.96 Å². The highest BCUT2D eigenvalue weighted by Gasteiger charge is 1.99. The summed E-state index contributed by atoms with van der Waals surface area (Å²) in [6.45, 7) is 6.65. The minimum Gasteiger partial charge on any atom is -0.481 e. The van der Waals surface area contributed by atoms with E-state index in [0.29, 0.717) is 33.0 Å². The normalized spacial score (nSPS) is 10.7. The summed E-state index contributed by atoms with van der Waals surface area (Å²) in [7, 11) is 1.76. The fourth-order valence-electron chi connectivity index (χ4n) is 2.23. The lowest BCUT2D eigenvalue weighted by molar-refractivity contribution is 0.0487. The van der Waals surface area contributed by atoms with Gasteiger partial charge in [-0.2, -0.15) is 0 Å². The van der Waals surface area contributed by atoms with Crippen LogP contribution in [0.4, 0.5) is 0 Å². The third-order valence-corrected chi connectivity index (χ3v) is 3.73. The number of ether oxygens (including phenoxy) is 3. The minimum absolute atomic E-state index is 0. The number of hydrogen-bond donors (Lipinski definition) is 2. The molecule has 1 rings (SSSR count). The van der Waals surface area contributed by atoms with Crippen molar-refractivity contribution >= 4 is 29.9 Å². The summed E-state index contributed by atoms with van der Waals surface area (Å²) >= 11 is 0. The zero-order valence-electron chi connectivity index (χ0n) is 17.0. The number of benzene rings is 1. The fourth-order valence-corrected chi connectivity index (χ4v) is 2.23. The van der Waals surface area contributed by atoms with Gasteiger partial charge in [0, 0.05) is 26.7 Å². The lowest BCUT2D eigenvalue weighted by Gasteiger charge is -2.12. The molecule has 0 saturated carbocycles. The molecule has 0 heterocycles.